The number of benzene rings is 2. The molecule has 0 radical (unpaired) electrons. The second-order valence-corrected chi connectivity index (χ2v) is 5.78. The smallest absolute Gasteiger partial charge is 0.315 e. The van der Waals surface area contributed by atoms with E-state index in [2.05, 4.69) is 15.9 Å². The molecule has 4 heteroatoms. The number of carbonyl (C=O) groups is 1. The van der Waals surface area contributed by atoms with Crippen LogP contribution < -0.4 is 9.47 Å². The molecule has 0 bridgehead atoms. The maximum atomic E-state index is 12.1. The molecule has 0 aromatic heterocycles. The van der Waals surface area contributed by atoms with Gasteiger partial charge in [0.15, 0.2) is 0 Å². The number of hydrogen-bond donors (Lipinski definition) is 0. The predicted octanol–water partition coefficient (Wildman–Crippen LogP) is 4.22. The Morgan fingerprint density at radius 3 is 2.19 bits per heavy atom. The van der Waals surface area contributed by atoms with Crippen molar-refractivity contribution in [2.75, 3.05) is 7.11 Å². The van der Waals surface area contributed by atoms with Crippen LogP contribution in [-0.4, -0.2) is 13.1 Å². The van der Waals surface area contributed by atoms with E-state index in [0.29, 0.717) is 5.75 Å². The average molecular weight is 349 g/mol. The number of rotatable bonds is 4. The number of halogens is 1. The predicted molar refractivity (Wildman–Crippen MR) is 85.9 cm³/mol. The number of aryl methyl sites for hydroxylation is 2. The second kappa shape index (κ2) is 6.76. The second-order valence-electron chi connectivity index (χ2n) is 4.87. The zero-order chi connectivity index (χ0) is 15.4. The molecule has 0 aliphatic carbocycles. The van der Waals surface area contributed by atoms with Crippen molar-refractivity contribution in [1.82, 2.24) is 0 Å². The van der Waals surface area contributed by atoms with Crippen LogP contribution in [0, 0.1) is 13.8 Å². The van der Waals surface area contributed by atoms with Gasteiger partial charge in [0.2, 0.25) is 0 Å². The van der Waals surface area contributed by atoms with Crippen LogP contribution in [0.1, 0.15) is 16.7 Å². The fourth-order valence-electron chi connectivity index (χ4n) is 2.12. The molecule has 0 saturated heterocycles. The third-order valence-electron chi connectivity index (χ3n) is 3.15. The maximum absolute atomic E-state index is 12.1. The lowest BCUT2D eigenvalue weighted by Crippen LogP contribution is -2.12. The normalized spacial score (nSPS) is 10.3. The van der Waals surface area contributed by atoms with Crippen molar-refractivity contribution in [3.63, 3.8) is 0 Å². The molecule has 2 aromatic carbocycles. The molecule has 110 valence electrons. The minimum absolute atomic E-state index is 0.235. The molecule has 0 unspecified atom stereocenters. The van der Waals surface area contributed by atoms with Crippen molar-refractivity contribution in [3.8, 4) is 11.5 Å². The number of hydrogen-bond acceptors (Lipinski definition) is 3. The molecule has 0 N–H and O–H groups in total. The molecule has 0 saturated carbocycles. The van der Waals surface area contributed by atoms with Gasteiger partial charge >= 0.3 is 5.97 Å². The summed E-state index contributed by atoms with van der Waals surface area (Å²) in [6.45, 7) is 3.85. The van der Waals surface area contributed by atoms with Gasteiger partial charge in [-0.05, 0) is 54.8 Å². The van der Waals surface area contributed by atoms with Crippen LogP contribution in [0.5, 0.6) is 11.5 Å². The van der Waals surface area contributed by atoms with Crippen molar-refractivity contribution in [1.29, 1.82) is 0 Å². The van der Waals surface area contributed by atoms with Gasteiger partial charge in [0, 0.05) is 4.47 Å². The number of methoxy groups -OCH3 is 1. The molecule has 2 rings (SSSR count). The van der Waals surface area contributed by atoms with Crippen molar-refractivity contribution in [2.45, 2.75) is 20.3 Å². The summed E-state index contributed by atoms with van der Waals surface area (Å²) in [5.41, 5.74) is 2.77. The van der Waals surface area contributed by atoms with Crippen LogP contribution in [0.4, 0.5) is 0 Å². The van der Waals surface area contributed by atoms with E-state index in [4.69, 9.17) is 9.47 Å². The zero-order valence-corrected chi connectivity index (χ0v) is 13.9. The molecule has 2 aromatic rings. The van der Waals surface area contributed by atoms with Crippen LogP contribution in [-0.2, 0) is 11.2 Å². The van der Waals surface area contributed by atoms with E-state index in [-0.39, 0.29) is 12.4 Å². The summed E-state index contributed by atoms with van der Waals surface area (Å²) in [5, 5.41) is 0. The van der Waals surface area contributed by atoms with E-state index in [9.17, 15) is 4.79 Å². The Morgan fingerprint density at radius 1 is 1.10 bits per heavy atom. The van der Waals surface area contributed by atoms with E-state index in [0.717, 1.165) is 26.9 Å². The summed E-state index contributed by atoms with van der Waals surface area (Å²) in [5.74, 6) is 1.14. The maximum Gasteiger partial charge on any atom is 0.315 e. The minimum Gasteiger partial charge on any atom is -0.497 e. The SMILES string of the molecule is COc1ccc(CC(=O)Oc2c(C)cc(Br)cc2C)cc1. The summed E-state index contributed by atoms with van der Waals surface area (Å²) < 4.78 is 11.6. The first-order valence-corrected chi connectivity index (χ1v) is 7.39. The molecule has 0 aliphatic rings. The fourth-order valence-corrected chi connectivity index (χ4v) is 2.81. The Hall–Kier alpha value is -1.81. The zero-order valence-electron chi connectivity index (χ0n) is 12.3. The molecule has 0 heterocycles. The molecule has 0 amide bonds. The third kappa shape index (κ3) is 4.08. The molecular formula is C17H17BrO3. The van der Waals surface area contributed by atoms with Gasteiger partial charge in [0.05, 0.1) is 13.5 Å². The summed E-state index contributed by atoms with van der Waals surface area (Å²) >= 11 is 3.43. The molecule has 0 spiro atoms. The van der Waals surface area contributed by atoms with Gasteiger partial charge in [-0.25, -0.2) is 0 Å². The first-order valence-electron chi connectivity index (χ1n) is 6.60. The Kier molecular flexibility index (Phi) is 5.02. The molecule has 0 atom stereocenters. The van der Waals surface area contributed by atoms with Crippen LogP contribution >= 0.6 is 15.9 Å². The van der Waals surface area contributed by atoms with Crippen molar-refractivity contribution < 1.29 is 14.3 Å². The van der Waals surface area contributed by atoms with E-state index in [1.165, 1.54) is 0 Å². The van der Waals surface area contributed by atoms with Gasteiger partial charge in [-0.3, -0.25) is 4.79 Å². The molecular weight excluding hydrogens is 332 g/mol. The van der Waals surface area contributed by atoms with Crippen LogP contribution in [0.2, 0.25) is 0 Å². The molecule has 0 fully saturated rings. The Labute approximate surface area is 133 Å². The highest BCUT2D eigenvalue weighted by atomic mass is 79.9. The van der Waals surface area contributed by atoms with Gasteiger partial charge < -0.3 is 9.47 Å². The first-order chi connectivity index (χ1) is 9.99. The highest BCUT2D eigenvalue weighted by Gasteiger charge is 2.11. The van der Waals surface area contributed by atoms with Gasteiger partial charge in [-0.2, -0.15) is 0 Å². The van der Waals surface area contributed by atoms with Crippen molar-refractivity contribution in [3.05, 3.63) is 57.6 Å². The monoisotopic (exact) mass is 348 g/mol. The molecule has 0 aliphatic heterocycles. The van der Waals surface area contributed by atoms with E-state index < -0.39 is 0 Å². The minimum atomic E-state index is -0.270. The Balaban J connectivity index is 2.08. The van der Waals surface area contributed by atoms with Crippen LogP contribution in [0.25, 0.3) is 0 Å². The lowest BCUT2D eigenvalue weighted by Gasteiger charge is -2.11. The molecule has 21 heavy (non-hydrogen) atoms. The largest absolute Gasteiger partial charge is 0.497 e. The summed E-state index contributed by atoms with van der Waals surface area (Å²) in [6, 6.07) is 11.3. The highest BCUT2D eigenvalue weighted by Crippen LogP contribution is 2.27. The van der Waals surface area contributed by atoms with Crippen LogP contribution in [0.15, 0.2) is 40.9 Å². The van der Waals surface area contributed by atoms with E-state index >= 15 is 0 Å². The van der Waals surface area contributed by atoms with Gasteiger partial charge in [0.1, 0.15) is 11.5 Å². The first kappa shape index (κ1) is 15.6. The van der Waals surface area contributed by atoms with Gasteiger partial charge in [-0.1, -0.05) is 28.1 Å². The third-order valence-corrected chi connectivity index (χ3v) is 3.61. The molecule has 3 nitrogen and oxygen atoms in total. The van der Waals surface area contributed by atoms with Crippen LogP contribution in [0.3, 0.4) is 0 Å². The fraction of sp³-hybridized carbons (Fsp3) is 0.235. The van der Waals surface area contributed by atoms with Crippen molar-refractivity contribution >= 4 is 21.9 Å². The summed E-state index contributed by atoms with van der Waals surface area (Å²) in [6.07, 6.45) is 0.235. The highest BCUT2D eigenvalue weighted by molar-refractivity contribution is 9.10. The lowest BCUT2D eigenvalue weighted by molar-refractivity contribution is -0.133. The number of ether oxygens (including phenoxy) is 2. The Bertz CT molecular complexity index is 625. The summed E-state index contributed by atoms with van der Waals surface area (Å²) in [7, 11) is 1.61. The topological polar surface area (TPSA) is 35.5 Å². The lowest BCUT2D eigenvalue weighted by atomic mass is 10.1. The van der Waals surface area contributed by atoms with Gasteiger partial charge in [0.25, 0.3) is 0 Å². The standard InChI is InChI=1S/C17H17BrO3/c1-11-8-14(18)9-12(2)17(11)21-16(19)10-13-4-6-15(20-3)7-5-13/h4-9H,10H2,1-3H3. The number of carbonyl (C=O) groups excluding carboxylic acids is 1. The van der Waals surface area contributed by atoms with E-state index in [1.807, 2.05) is 50.2 Å². The number of esters is 1. The Morgan fingerprint density at radius 2 is 1.67 bits per heavy atom. The van der Waals surface area contributed by atoms with E-state index in [1.54, 1.807) is 7.11 Å². The average Bonchev–Trinajstić information content (AvgIpc) is 2.43. The summed E-state index contributed by atoms with van der Waals surface area (Å²) in [4.78, 5) is 12.1. The quantitative estimate of drug-likeness (QED) is 0.612. The van der Waals surface area contributed by atoms with Crippen molar-refractivity contribution in [2.24, 2.45) is 0 Å². The van der Waals surface area contributed by atoms with Gasteiger partial charge in [-0.15, -0.1) is 0 Å².